The van der Waals surface area contributed by atoms with Crippen molar-refractivity contribution in [2.45, 2.75) is 18.9 Å². The van der Waals surface area contributed by atoms with Gasteiger partial charge in [-0.1, -0.05) is 22.9 Å². The molecule has 0 aliphatic heterocycles. The molecule has 1 aliphatic carbocycles. The molecule has 1 fully saturated rings. The average Bonchev–Trinajstić information content (AvgIpc) is 3.11. The van der Waals surface area contributed by atoms with Gasteiger partial charge in [0.2, 0.25) is 0 Å². The average molecular weight is 282 g/mol. The standard InChI is InChI=1S/C13H16ClN3S/c1-17(10-3-4-10)7-6-15-13-16-11-8-9(14)2-5-12(11)18-13/h2,5,8,10H,3-4,6-7H2,1H3,(H,15,16). The molecule has 0 unspecified atom stereocenters. The molecule has 3 nitrogen and oxygen atoms in total. The summed E-state index contributed by atoms with van der Waals surface area (Å²) in [5, 5.41) is 5.12. The van der Waals surface area contributed by atoms with Crippen LogP contribution >= 0.6 is 22.9 Å². The third-order valence-electron chi connectivity index (χ3n) is 3.26. The molecule has 1 N–H and O–H groups in total. The lowest BCUT2D eigenvalue weighted by atomic mass is 10.3. The topological polar surface area (TPSA) is 28.2 Å². The summed E-state index contributed by atoms with van der Waals surface area (Å²) in [6, 6.07) is 6.67. The zero-order valence-electron chi connectivity index (χ0n) is 10.3. The summed E-state index contributed by atoms with van der Waals surface area (Å²) in [5.41, 5.74) is 0.977. The van der Waals surface area contributed by atoms with Gasteiger partial charge in [-0.05, 0) is 38.1 Å². The molecular weight excluding hydrogens is 266 g/mol. The fourth-order valence-corrected chi connectivity index (χ4v) is 3.05. The molecule has 5 heteroatoms. The van der Waals surface area contributed by atoms with Gasteiger partial charge >= 0.3 is 0 Å². The van der Waals surface area contributed by atoms with Gasteiger partial charge in [-0.15, -0.1) is 0 Å². The van der Waals surface area contributed by atoms with Gasteiger partial charge in [-0.3, -0.25) is 0 Å². The fraction of sp³-hybridized carbons (Fsp3) is 0.462. The molecular formula is C13H16ClN3S. The third kappa shape index (κ3) is 2.76. The van der Waals surface area contributed by atoms with Crippen LogP contribution in [0.2, 0.25) is 5.02 Å². The normalized spacial score (nSPS) is 15.5. The van der Waals surface area contributed by atoms with Crippen molar-refractivity contribution in [3.05, 3.63) is 23.2 Å². The van der Waals surface area contributed by atoms with E-state index >= 15 is 0 Å². The van der Waals surface area contributed by atoms with E-state index in [1.807, 2.05) is 18.2 Å². The molecule has 1 aliphatic rings. The third-order valence-corrected chi connectivity index (χ3v) is 4.49. The molecule has 0 spiro atoms. The number of benzene rings is 1. The minimum absolute atomic E-state index is 0.743. The summed E-state index contributed by atoms with van der Waals surface area (Å²) in [7, 11) is 2.19. The van der Waals surface area contributed by atoms with Gasteiger partial charge in [0.05, 0.1) is 10.2 Å². The molecule has 18 heavy (non-hydrogen) atoms. The number of thiazole rings is 1. The Morgan fingerprint density at radius 1 is 1.50 bits per heavy atom. The second kappa shape index (κ2) is 5.03. The summed E-state index contributed by atoms with van der Waals surface area (Å²) < 4.78 is 1.18. The Morgan fingerprint density at radius 2 is 2.33 bits per heavy atom. The van der Waals surface area contributed by atoms with Crippen LogP contribution in [0, 0.1) is 0 Å². The highest BCUT2D eigenvalue weighted by molar-refractivity contribution is 7.22. The first-order valence-corrected chi connectivity index (χ1v) is 7.42. The molecule has 0 amide bonds. The summed E-state index contributed by atoms with van der Waals surface area (Å²) in [4.78, 5) is 6.95. The summed E-state index contributed by atoms with van der Waals surface area (Å²) >= 11 is 7.64. The number of rotatable bonds is 5. The van der Waals surface area contributed by atoms with Gasteiger partial charge in [0.1, 0.15) is 0 Å². The Morgan fingerprint density at radius 3 is 3.11 bits per heavy atom. The lowest BCUT2D eigenvalue weighted by Gasteiger charge is -2.15. The molecule has 0 atom stereocenters. The van der Waals surface area contributed by atoms with Crippen molar-refractivity contribution in [2.24, 2.45) is 0 Å². The SMILES string of the molecule is CN(CCNc1nc2cc(Cl)ccc2s1)C1CC1. The predicted molar refractivity (Wildman–Crippen MR) is 78.8 cm³/mol. The van der Waals surface area contributed by atoms with Crippen LogP contribution in [0.3, 0.4) is 0 Å². The summed E-state index contributed by atoms with van der Waals surface area (Å²) in [6.07, 6.45) is 2.71. The first-order chi connectivity index (χ1) is 8.72. The Balaban J connectivity index is 1.60. The van der Waals surface area contributed by atoms with Crippen LogP contribution in [0.1, 0.15) is 12.8 Å². The van der Waals surface area contributed by atoms with Crippen molar-refractivity contribution in [1.82, 2.24) is 9.88 Å². The lowest BCUT2D eigenvalue weighted by Crippen LogP contribution is -2.26. The predicted octanol–water partition coefficient (Wildman–Crippen LogP) is 3.46. The van der Waals surface area contributed by atoms with Gasteiger partial charge in [-0.25, -0.2) is 4.98 Å². The molecule has 1 saturated carbocycles. The van der Waals surface area contributed by atoms with E-state index in [9.17, 15) is 0 Å². The molecule has 2 aromatic rings. The molecule has 0 bridgehead atoms. The number of halogens is 1. The minimum Gasteiger partial charge on any atom is -0.360 e. The number of nitrogens with one attached hydrogen (secondary N) is 1. The highest BCUT2D eigenvalue weighted by Gasteiger charge is 2.25. The molecule has 0 saturated heterocycles. The van der Waals surface area contributed by atoms with E-state index in [2.05, 4.69) is 22.2 Å². The fourth-order valence-electron chi connectivity index (χ4n) is 2.01. The summed E-state index contributed by atoms with van der Waals surface area (Å²) in [5.74, 6) is 0. The zero-order chi connectivity index (χ0) is 12.5. The van der Waals surface area contributed by atoms with Gasteiger partial charge < -0.3 is 10.2 Å². The van der Waals surface area contributed by atoms with Gasteiger partial charge in [-0.2, -0.15) is 0 Å². The number of hydrogen-bond acceptors (Lipinski definition) is 4. The maximum Gasteiger partial charge on any atom is 0.183 e. The highest BCUT2D eigenvalue weighted by atomic mass is 35.5. The van der Waals surface area contributed by atoms with Gasteiger partial charge in [0, 0.05) is 24.2 Å². The number of likely N-dealkylation sites (N-methyl/N-ethyl adjacent to an activating group) is 1. The van der Waals surface area contributed by atoms with Crippen LogP contribution in [0.15, 0.2) is 18.2 Å². The van der Waals surface area contributed by atoms with Gasteiger partial charge in [0.25, 0.3) is 0 Å². The minimum atomic E-state index is 0.743. The molecule has 1 heterocycles. The number of hydrogen-bond donors (Lipinski definition) is 1. The van der Waals surface area contributed by atoms with Crippen LogP contribution in [0.5, 0.6) is 0 Å². The largest absolute Gasteiger partial charge is 0.360 e. The first kappa shape index (κ1) is 12.2. The van der Waals surface area contributed by atoms with Gasteiger partial charge in [0.15, 0.2) is 5.13 Å². The summed E-state index contributed by atoms with van der Waals surface area (Å²) in [6.45, 7) is 2.02. The van der Waals surface area contributed by atoms with Crippen molar-refractivity contribution in [1.29, 1.82) is 0 Å². The molecule has 1 aromatic heterocycles. The maximum atomic E-state index is 5.95. The number of nitrogens with zero attached hydrogens (tertiary/aromatic N) is 2. The van der Waals surface area contributed by atoms with E-state index in [-0.39, 0.29) is 0 Å². The van der Waals surface area contributed by atoms with E-state index < -0.39 is 0 Å². The lowest BCUT2D eigenvalue weighted by molar-refractivity contribution is 0.337. The number of anilines is 1. The molecule has 3 rings (SSSR count). The second-order valence-corrected chi connectivity index (χ2v) is 6.24. The van der Waals surface area contributed by atoms with Crippen molar-refractivity contribution in [3.63, 3.8) is 0 Å². The number of fused-ring (bicyclic) bond motifs is 1. The van der Waals surface area contributed by atoms with Crippen LogP contribution in [-0.4, -0.2) is 36.1 Å². The molecule has 0 radical (unpaired) electrons. The van der Waals surface area contributed by atoms with Crippen LogP contribution < -0.4 is 5.32 Å². The van der Waals surface area contributed by atoms with Crippen molar-refractivity contribution >= 4 is 38.3 Å². The molecule has 96 valence electrons. The smallest absolute Gasteiger partial charge is 0.183 e. The Bertz CT molecular complexity index is 550. The van der Waals surface area contributed by atoms with Crippen molar-refractivity contribution in [3.8, 4) is 0 Å². The van der Waals surface area contributed by atoms with Crippen LogP contribution in [0.25, 0.3) is 10.2 Å². The highest BCUT2D eigenvalue weighted by Crippen LogP contribution is 2.28. The van der Waals surface area contributed by atoms with E-state index in [4.69, 9.17) is 11.6 Å². The first-order valence-electron chi connectivity index (χ1n) is 6.22. The maximum absolute atomic E-state index is 5.95. The Hall–Kier alpha value is -0.840. The van der Waals surface area contributed by atoms with Crippen LogP contribution in [0.4, 0.5) is 5.13 Å². The Labute approximate surface area is 116 Å². The van der Waals surface area contributed by atoms with E-state index in [1.54, 1.807) is 11.3 Å². The van der Waals surface area contributed by atoms with E-state index in [1.165, 1.54) is 17.5 Å². The van der Waals surface area contributed by atoms with Crippen molar-refractivity contribution in [2.75, 3.05) is 25.5 Å². The molecule has 1 aromatic carbocycles. The van der Waals surface area contributed by atoms with Crippen LogP contribution in [-0.2, 0) is 0 Å². The Kier molecular flexibility index (Phi) is 3.41. The second-order valence-electron chi connectivity index (χ2n) is 4.77. The zero-order valence-corrected chi connectivity index (χ0v) is 11.9. The van der Waals surface area contributed by atoms with Crippen molar-refractivity contribution < 1.29 is 0 Å². The van der Waals surface area contributed by atoms with E-state index in [0.29, 0.717) is 0 Å². The van der Waals surface area contributed by atoms with E-state index in [0.717, 1.165) is 34.8 Å². The quantitative estimate of drug-likeness (QED) is 0.910. The monoisotopic (exact) mass is 281 g/mol. The number of aromatic nitrogens is 1.